The van der Waals surface area contributed by atoms with E-state index in [0.29, 0.717) is 448 Å². The molecule has 1 aliphatic heterocycles. The summed E-state index contributed by atoms with van der Waals surface area (Å²) < 4.78 is 184. The molecule has 788 valence electrons. The largest absolute Gasteiger partial charge is 0.382 e. The van der Waals surface area contributed by atoms with Crippen LogP contribution in [0.4, 0.5) is 11.5 Å². The molecular formula is C92H169N7O35S. The minimum absolute atomic E-state index is 0.0449. The third-order valence-electron chi connectivity index (χ3n) is 19.3. The van der Waals surface area contributed by atoms with Crippen LogP contribution in [0, 0.1) is 0 Å². The lowest BCUT2D eigenvalue weighted by atomic mass is 10.1. The van der Waals surface area contributed by atoms with Crippen molar-refractivity contribution in [2.75, 3.05) is 499 Å². The molecule has 3 aromatic rings. The number of imidazole rings is 1. The van der Waals surface area contributed by atoms with Crippen LogP contribution < -0.4 is 10.6 Å². The second-order valence-electron chi connectivity index (χ2n) is 29.6. The van der Waals surface area contributed by atoms with Crippen LogP contribution in [-0.4, -0.2) is 524 Å². The second kappa shape index (κ2) is 97.3. The van der Waals surface area contributed by atoms with Crippen LogP contribution in [0.5, 0.6) is 0 Å². The predicted molar refractivity (Wildman–Crippen MR) is 505 cm³/mol. The summed E-state index contributed by atoms with van der Waals surface area (Å²) in [6, 6.07) is 6.35. The van der Waals surface area contributed by atoms with Crippen LogP contribution in [0.1, 0.15) is 38.4 Å². The van der Waals surface area contributed by atoms with E-state index in [1.807, 2.05) is 6.07 Å². The summed E-state index contributed by atoms with van der Waals surface area (Å²) in [6.07, 6.45) is 5.40. The molecular weight excluding hydrogens is 1800 g/mol. The maximum Gasteiger partial charge on any atom is 0.225 e. The van der Waals surface area contributed by atoms with E-state index in [4.69, 9.17) is 167 Å². The second-order valence-corrected chi connectivity index (χ2v) is 30.4. The van der Waals surface area contributed by atoms with Gasteiger partial charge in [0.05, 0.1) is 441 Å². The molecule has 0 aliphatic carbocycles. The van der Waals surface area contributed by atoms with E-state index < -0.39 is 0 Å². The first kappa shape index (κ1) is 123. The summed E-state index contributed by atoms with van der Waals surface area (Å²) in [5, 5.41) is 1.12. The number of fused-ring (bicyclic) bond motifs is 3. The average Bonchev–Trinajstić information content (AvgIpc) is 1.65. The van der Waals surface area contributed by atoms with Crippen molar-refractivity contribution >= 4 is 56.2 Å². The fraction of sp³-hybridized carbons (Fsp3) is 0.870. The third kappa shape index (κ3) is 76.2. The molecule has 0 radical (unpaired) electrons. The smallest absolute Gasteiger partial charge is 0.225 e. The van der Waals surface area contributed by atoms with Crippen LogP contribution in [0.2, 0.25) is 0 Å². The van der Waals surface area contributed by atoms with Gasteiger partial charge in [-0.2, -0.15) is 0 Å². The SMILES string of the molecule is CCCCc1nc2c([nH]1)c(N)nc1ccc(N3CCN(CCOCCN(CCOCCOCCOCCOCCOCCOCCOCCOCCC(=O)SC)C(=O)CCOCCOCCOCCOCCOCCOCCOCCOCCOCCOCCOCCOCCOCCOCCOCCOCCOCCOCCOCCOCCOCCOCCOCCOC)CC3)cc12. The lowest BCUT2D eigenvalue weighted by molar-refractivity contribution is -0.134. The Labute approximate surface area is 805 Å². The van der Waals surface area contributed by atoms with Crippen molar-refractivity contribution in [3.8, 4) is 0 Å². The lowest BCUT2D eigenvalue weighted by Gasteiger charge is -2.36. The molecule has 42 nitrogen and oxygen atoms in total. The number of nitrogens with two attached hydrogens (primary N) is 1. The zero-order chi connectivity index (χ0) is 95.7. The van der Waals surface area contributed by atoms with Crippen molar-refractivity contribution in [3.05, 3.63) is 24.0 Å². The van der Waals surface area contributed by atoms with Crippen LogP contribution in [0.3, 0.4) is 0 Å². The normalized spacial score (nSPS) is 12.7. The Bertz CT molecular complexity index is 3030. The molecule has 0 spiro atoms. The Kier molecular flexibility index (Phi) is 88.7. The highest BCUT2D eigenvalue weighted by Crippen LogP contribution is 2.30. The number of hydrogen-bond acceptors (Lipinski definition) is 41. The first-order chi connectivity index (χ1) is 66.9. The molecule has 0 unspecified atom stereocenters. The summed E-state index contributed by atoms with van der Waals surface area (Å²) in [7, 11) is 1.64. The molecule has 0 bridgehead atoms. The molecule has 135 heavy (non-hydrogen) atoms. The molecule has 1 aromatic carbocycles. The molecule has 1 amide bonds. The van der Waals surface area contributed by atoms with Gasteiger partial charge in [0.15, 0.2) is 5.12 Å². The summed E-state index contributed by atoms with van der Waals surface area (Å²) >= 11 is 1.21. The molecule has 2 aromatic heterocycles. The van der Waals surface area contributed by atoms with Gasteiger partial charge in [0.25, 0.3) is 0 Å². The molecule has 1 fully saturated rings. The van der Waals surface area contributed by atoms with Crippen LogP contribution in [-0.2, 0) is 172 Å². The topological polar surface area (TPSA) is 416 Å². The summed E-state index contributed by atoms with van der Waals surface area (Å²) in [5.74, 6) is 1.37. The number of thioether (sulfide) groups is 1. The Morgan fingerprint density at radius 3 is 0.874 bits per heavy atom. The molecule has 3 N–H and O–H groups in total. The van der Waals surface area contributed by atoms with Crippen molar-refractivity contribution in [2.45, 2.75) is 39.0 Å². The third-order valence-corrected chi connectivity index (χ3v) is 19.9. The monoisotopic (exact) mass is 1960 g/mol. The number of carbonyl (C=O) groups is 2. The number of nitrogens with zero attached hydrogens (tertiary/aromatic N) is 5. The standard InChI is InChI=1S/C92H169N7O35S/c1-4-5-6-87-95-90-85-83-84(7-8-86(85)94-92(93)91(90)96-87)98-13-11-97(12-14-98)15-20-105-21-16-99(17-22-106-27-30-110-35-38-114-43-46-118-51-49-117-45-42-113-37-34-109-29-26-104-19-10-89(101)135-3)88(100)9-18-103-25-28-108-33-36-112-41-44-116-50-52-120-55-56-122-59-60-124-63-64-126-67-68-128-71-72-130-75-76-132-79-80-134-82-81-133-78-77-131-74-73-129-70-69-127-66-65-125-62-61-123-58-57-121-54-53-119-48-47-115-40-39-111-32-31-107-24-23-102-2/h7-8,83H,4-6,9-82H2,1-3H3,(H2,93,94)(H,95,96). The van der Waals surface area contributed by atoms with E-state index in [1.165, 1.54) is 11.8 Å². The number of piperazine rings is 1. The molecule has 4 rings (SSSR count). The number of benzene rings is 1. The van der Waals surface area contributed by atoms with E-state index in [0.717, 1.165) is 85.4 Å². The minimum atomic E-state index is -0.0449. The minimum Gasteiger partial charge on any atom is -0.382 e. The molecule has 1 saturated heterocycles. The molecule has 1 aliphatic rings. The number of nitrogens with one attached hydrogen (secondary N) is 1. The van der Waals surface area contributed by atoms with Crippen molar-refractivity contribution < 1.29 is 166 Å². The summed E-state index contributed by atoms with van der Waals surface area (Å²) in [6.45, 7) is 37.2. The van der Waals surface area contributed by atoms with Crippen LogP contribution in [0.15, 0.2) is 18.2 Å². The number of unbranched alkanes of at least 4 members (excludes halogenated alkanes) is 1. The highest BCUT2D eigenvalue weighted by Gasteiger charge is 2.21. The Balaban J connectivity index is 0.841. The van der Waals surface area contributed by atoms with Gasteiger partial charge >= 0.3 is 0 Å². The number of nitrogen functional groups attached to an aromatic ring is 1. The van der Waals surface area contributed by atoms with E-state index in [1.54, 1.807) is 18.3 Å². The Hall–Kier alpha value is -4.17. The van der Waals surface area contributed by atoms with Gasteiger partial charge in [-0.05, 0) is 30.9 Å². The Morgan fingerprint density at radius 2 is 0.600 bits per heavy atom. The zero-order valence-electron chi connectivity index (χ0n) is 81.7. The fourth-order valence-electron chi connectivity index (χ4n) is 12.0. The van der Waals surface area contributed by atoms with Crippen molar-refractivity contribution in [1.82, 2.24) is 24.8 Å². The number of pyridine rings is 1. The highest BCUT2D eigenvalue weighted by molar-refractivity contribution is 8.13. The predicted octanol–water partition coefficient (Wildman–Crippen LogP) is 3.83. The number of rotatable bonds is 109. The van der Waals surface area contributed by atoms with Gasteiger partial charge in [-0.25, -0.2) is 9.97 Å². The molecule has 0 saturated carbocycles. The number of aryl methyl sites for hydroxylation is 1. The first-order valence-electron chi connectivity index (χ1n) is 48.3. The van der Waals surface area contributed by atoms with Gasteiger partial charge < -0.3 is 177 Å². The molecule has 0 atom stereocenters. The number of methoxy groups -OCH3 is 1. The fourth-order valence-corrected chi connectivity index (χ4v) is 12.3. The number of amides is 1. The van der Waals surface area contributed by atoms with E-state index >= 15 is 0 Å². The van der Waals surface area contributed by atoms with Crippen LogP contribution in [0.25, 0.3) is 21.9 Å². The Morgan fingerprint density at radius 1 is 0.341 bits per heavy atom. The quantitative estimate of drug-likeness (QED) is 0.0758. The number of aromatic amines is 1. The number of anilines is 2. The highest BCUT2D eigenvalue weighted by atomic mass is 32.2. The van der Waals surface area contributed by atoms with Crippen LogP contribution >= 0.6 is 11.8 Å². The number of H-pyrrole nitrogens is 1. The summed E-state index contributed by atoms with van der Waals surface area (Å²) in [4.78, 5) is 44.5. The average molecular weight is 1970 g/mol. The maximum atomic E-state index is 13.6. The van der Waals surface area contributed by atoms with Crippen molar-refractivity contribution in [1.29, 1.82) is 0 Å². The maximum absolute atomic E-state index is 13.6. The van der Waals surface area contributed by atoms with E-state index in [-0.39, 0.29) is 24.1 Å². The summed E-state index contributed by atoms with van der Waals surface area (Å²) in [5.41, 5.74) is 10.0. The zero-order valence-corrected chi connectivity index (χ0v) is 82.5. The van der Waals surface area contributed by atoms with Crippen molar-refractivity contribution in [3.63, 3.8) is 0 Å². The van der Waals surface area contributed by atoms with Gasteiger partial charge in [-0.3, -0.25) is 14.5 Å². The molecule has 43 heteroatoms. The lowest BCUT2D eigenvalue weighted by Crippen LogP contribution is -2.47. The van der Waals surface area contributed by atoms with E-state index in [9.17, 15) is 9.59 Å². The number of carbonyl (C=O) groups excluding carboxylic acids is 2. The van der Waals surface area contributed by atoms with E-state index in [2.05, 4.69) is 38.8 Å². The first-order valence-corrected chi connectivity index (χ1v) is 49.5. The van der Waals surface area contributed by atoms with Crippen molar-refractivity contribution in [2.24, 2.45) is 0 Å². The van der Waals surface area contributed by atoms with Gasteiger partial charge in [0.1, 0.15) is 22.7 Å². The number of ether oxygens (including phenoxy) is 33. The van der Waals surface area contributed by atoms with Gasteiger partial charge in [-0.15, -0.1) is 0 Å². The molecule has 3 heterocycles. The van der Waals surface area contributed by atoms with Gasteiger partial charge in [-0.1, -0.05) is 25.1 Å². The van der Waals surface area contributed by atoms with Gasteiger partial charge in [0.2, 0.25) is 5.91 Å². The van der Waals surface area contributed by atoms with Gasteiger partial charge in [0, 0.05) is 76.8 Å². The number of hydrogen-bond donors (Lipinski definition) is 2. The number of aromatic nitrogens is 3.